The summed E-state index contributed by atoms with van der Waals surface area (Å²) >= 11 is 0. The van der Waals surface area contributed by atoms with E-state index in [0.29, 0.717) is 12.1 Å². The Labute approximate surface area is 162 Å². The van der Waals surface area contributed by atoms with Crippen LogP contribution < -0.4 is 9.62 Å². The van der Waals surface area contributed by atoms with Crippen LogP contribution in [-0.4, -0.2) is 26.6 Å². The van der Waals surface area contributed by atoms with Crippen LogP contribution in [0.5, 0.6) is 0 Å². The highest BCUT2D eigenvalue weighted by atomic mass is 32.2. The number of sulfonamides is 1. The third-order valence-corrected chi connectivity index (χ3v) is 5.78. The summed E-state index contributed by atoms with van der Waals surface area (Å²) < 4.78 is 26.1. The fourth-order valence-electron chi connectivity index (χ4n) is 3.25. The monoisotopic (exact) mass is 388 g/mol. The SMILES string of the molecule is CC[C@@H](C(=O)N[C@H](C)c1cc(C)ccc1C)N(c1ccccc1)S(C)(=O)=O. The van der Waals surface area contributed by atoms with Crippen molar-refractivity contribution >= 4 is 21.6 Å². The van der Waals surface area contributed by atoms with Gasteiger partial charge in [-0.05, 0) is 50.5 Å². The molecule has 2 aromatic carbocycles. The van der Waals surface area contributed by atoms with E-state index < -0.39 is 16.1 Å². The molecule has 6 heteroatoms. The Kier molecular flexibility index (Phi) is 6.65. The number of amides is 1. The third-order valence-electron chi connectivity index (χ3n) is 4.60. The standard InChI is InChI=1S/C21H28N2O3S/c1-6-20(23(27(5,25)26)18-10-8-7-9-11-18)21(24)22-17(4)19-14-15(2)12-13-16(19)3/h7-14,17,20H,6H2,1-5H3,(H,22,24)/t17-,20+/m1/s1. The van der Waals surface area contributed by atoms with Crippen LogP contribution in [0.1, 0.15) is 43.0 Å². The number of benzene rings is 2. The maximum Gasteiger partial charge on any atom is 0.244 e. The van der Waals surface area contributed by atoms with Crippen LogP contribution in [0, 0.1) is 13.8 Å². The van der Waals surface area contributed by atoms with Crippen LogP contribution in [0.4, 0.5) is 5.69 Å². The van der Waals surface area contributed by atoms with E-state index in [1.165, 1.54) is 4.31 Å². The molecule has 0 heterocycles. The van der Waals surface area contributed by atoms with Gasteiger partial charge in [0.05, 0.1) is 18.0 Å². The Hall–Kier alpha value is -2.34. The Morgan fingerprint density at radius 2 is 1.74 bits per heavy atom. The molecule has 0 aliphatic carbocycles. The van der Waals surface area contributed by atoms with Gasteiger partial charge in [-0.15, -0.1) is 0 Å². The zero-order valence-electron chi connectivity index (χ0n) is 16.6. The summed E-state index contributed by atoms with van der Waals surface area (Å²) in [5.74, 6) is -0.305. The van der Waals surface area contributed by atoms with Gasteiger partial charge in [-0.1, -0.05) is 48.9 Å². The maximum atomic E-state index is 13.0. The number of hydrogen-bond acceptors (Lipinski definition) is 3. The van der Waals surface area contributed by atoms with Gasteiger partial charge in [0.25, 0.3) is 0 Å². The average molecular weight is 389 g/mol. The predicted octanol–water partition coefficient (Wildman–Crippen LogP) is 3.73. The zero-order chi connectivity index (χ0) is 20.2. The second-order valence-corrected chi connectivity index (χ2v) is 8.77. The normalized spacial score (nSPS) is 13.7. The van der Waals surface area contributed by atoms with Crippen molar-refractivity contribution in [1.82, 2.24) is 5.32 Å². The van der Waals surface area contributed by atoms with Crippen LogP contribution in [0.2, 0.25) is 0 Å². The molecule has 0 unspecified atom stereocenters. The average Bonchev–Trinajstić information content (AvgIpc) is 2.60. The summed E-state index contributed by atoms with van der Waals surface area (Å²) in [5.41, 5.74) is 3.72. The van der Waals surface area contributed by atoms with Gasteiger partial charge in [-0.3, -0.25) is 9.10 Å². The number of nitrogens with one attached hydrogen (secondary N) is 1. The van der Waals surface area contributed by atoms with Crippen molar-refractivity contribution < 1.29 is 13.2 Å². The number of aryl methyl sites for hydroxylation is 2. The fourth-order valence-corrected chi connectivity index (χ4v) is 4.46. The van der Waals surface area contributed by atoms with Crippen molar-refractivity contribution in [1.29, 1.82) is 0 Å². The van der Waals surface area contributed by atoms with E-state index in [2.05, 4.69) is 5.32 Å². The van der Waals surface area contributed by atoms with Crippen LogP contribution in [0.15, 0.2) is 48.5 Å². The third kappa shape index (κ3) is 5.10. The molecule has 146 valence electrons. The highest BCUT2D eigenvalue weighted by Crippen LogP contribution is 2.24. The second kappa shape index (κ2) is 8.57. The van der Waals surface area contributed by atoms with Gasteiger partial charge in [0, 0.05) is 0 Å². The van der Waals surface area contributed by atoms with E-state index in [4.69, 9.17) is 0 Å². The molecule has 1 amide bonds. The molecule has 0 radical (unpaired) electrons. The van der Waals surface area contributed by atoms with Crippen molar-refractivity contribution in [3.8, 4) is 0 Å². The quantitative estimate of drug-likeness (QED) is 0.786. The van der Waals surface area contributed by atoms with Gasteiger partial charge in [0.1, 0.15) is 6.04 Å². The van der Waals surface area contributed by atoms with Gasteiger partial charge in [-0.25, -0.2) is 8.42 Å². The molecule has 1 N–H and O–H groups in total. The number of carbonyl (C=O) groups excluding carboxylic acids is 1. The van der Waals surface area contributed by atoms with E-state index >= 15 is 0 Å². The van der Waals surface area contributed by atoms with Crippen LogP contribution in [-0.2, 0) is 14.8 Å². The Morgan fingerprint density at radius 3 is 2.30 bits per heavy atom. The second-order valence-electron chi connectivity index (χ2n) is 6.91. The molecule has 0 bridgehead atoms. The number of carbonyl (C=O) groups is 1. The lowest BCUT2D eigenvalue weighted by Crippen LogP contribution is -2.49. The Balaban J connectivity index is 2.31. The lowest BCUT2D eigenvalue weighted by molar-refractivity contribution is -0.122. The minimum atomic E-state index is -3.62. The summed E-state index contributed by atoms with van der Waals surface area (Å²) in [4.78, 5) is 13.0. The highest BCUT2D eigenvalue weighted by molar-refractivity contribution is 7.92. The van der Waals surface area contributed by atoms with E-state index in [-0.39, 0.29) is 11.9 Å². The topological polar surface area (TPSA) is 66.5 Å². The molecule has 0 spiro atoms. The minimum Gasteiger partial charge on any atom is -0.348 e. The molecule has 0 aromatic heterocycles. The Morgan fingerprint density at radius 1 is 1.11 bits per heavy atom. The summed E-state index contributed by atoms with van der Waals surface area (Å²) in [6, 6.07) is 13.8. The number of nitrogens with zero attached hydrogens (tertiary/aromatic N) is 1. The molecular formula is C21H28N2O3S. The summed E-state index contributed by atoms with van der Waals surface area (Å²) in [6.07, 6.45) is 1.50. The first kappa shape index (κ1) is 21.0. The number of rotatable bonds is 7. The number of para-hydroxylation sites is 1. The van der Waals surface area contributed by atoms with E-state index in [1.807, 2.05) is 52.0 Å². The molecule has 0 aliphatic rings. The van der Waals surface area contributed by atoms with Gasteiger partial charge in [0.15, 0.2) is 0 Å². The summed E-state index contributed by atoms with van der Waals surface area (Å²) in [5, 5.41) is 2.99. The minimum absolute atomic E-state index is 0.219. The van der Waals surface area contributed by atoms with Crippen LogP contribution >= 0.6 is 0 Å². The molecular weight excluding hydrogens is 360 g/mol. The molecule has 0 fully saturated rings. The van der Waals surface area contributed by atoms with Gasteiger partial charge in [-0.2, -0.15) is 0 Å². The van der Waals surface area contributed by atoms with Crippen LogP contribution in [0.3, 0.4) is 0 Å². The number of anilines is 1. The van der Waals surface area contributed by atoms with E-state index in [0.717, 1.165) is 22.9 Å². The molecule has 2 rings (SSSR count). The lowest BCUT2D eigenvalue weighted by atomic mass is 9.99. The summed E-state index contributed by atoms with van der Waals surface area (Å²) in [6.45, 7) is 7.74. The van der Waals surface area contributed by atoms with Crippen molar-refractivity contribution in [2.24, 2.45) is 0 Å². The van der Waals surface area contributed by atoms with Gasteiger partial charge < -0.3 is 5.32 Å². The molecule has 0 saturated heterocycles. The Bertz CT molecular complexity index is 895. The smallest absolute Gasteiger partial charge is 0.244 e. The van der Waals surface area contributed by atoms with Crippen molar-refractivity contribution in [3.05, 3.63) is 65.2 Å². The van der Waals surface area contributed by atoms with Crippen LogP contribution in [0.25, 0.3) is 0 Å². The molecule has 2 aromatic rings. The van der Waals surface area contributed by atoms with E-state index in [1.54, 1.807) is 24.3 Å². The molecule has 0 aliphatic heterocycles. The molecule has 27 heavy (non-hydrogen) atoms. The molecule has 5 nitrogen and oxygen atoms in total. The molecule has 2 atom stereocenters. The largest absolute Gasteiger partial charge is 0.348 e. The van der Waals surface area contributed by atoms with Crippen molar-refractivity contribution in [2.45, 2.75) is 46.2 Å². The first-order valence-electron chi connectivity index (χ1n) is 9.07. The van der Waals surface area contributed by atoms with E-state index in [9.17, 15) is 13.2 Å². The van der Waals surface area contributed by atoms with Gasteiger partial charge in [0.2, 0.25) is 15.9 Å². The summed E-state index contributed by atoms with van der Waals surface area (Å²) in [7, 11) is -3.62. The highest BCUT2D eigenvalue weighted by Gasteiger charge is 2.32. The van der Waals surface area contributed by atoms with Gasteiger partial charge >= 0.3 is 0 Å². The maximum absolute atomic E-state index is 13.0. The zero-order valence-corrected chi connectivity index (χ0v) is 17.4. The number of hydrogen-bond donors (Lipinski definition) is 1. The molecule has 0 saturated carbocycles. The first-order chi connectivity index (χ1) is 12.6. The van der Waals surface area contributed by atoms with Crippen molar-refractivity contribution in [2.75, 3.05) is 10.6 Å². The fraction of sp³-hybridized carbons (Fsp3) is 0.381. The lowest BCUT2D eigenvalue weighted by Gasteiger charge is -2.31. The first-order valence-corrected chi connectivity index (χ1v) is 10.9. The van der Waals surface area contributed by atoms with Crippen molar-refractivity contribution in [3.63, 3.8) is 0 Å². The predicted molar refractivity (Wildman–Crippen MR) is 110 cm³/mol.